The van der Waals surface area contributed by atoms with Gasteiger partial charge in [-0.2, -0.15) is 0 Å². The van der Waals surface area contributed by atoms with Crippen LogP contribution in [-0.4, -0.2) is 14.2 Å². The summed E-state index contributed by atoms with van der Waals surface area (Å²) in [7, 11) is 3.45. The molecule has 0 aliphatic heterocycles. The number of methoxy groups -OCH3 is 2. The number of fused-ring (bicyclic) bond motifs is 5. The van der Waals surface area contributed by atoms with Gasteiger partial charge in [-0.1, -0.05) is 42.5 Å². The summed E-state index contributed by atoms with van der Waals surface area (Å²) in [5.41, 5.74) is 4.98. The topological polar surface area (TPSA) is 18.5 Å². The molecule has 0 heterocycles. The van der Waals surface area contributed by atoms with Crippen LogP contribution in [0.4, 0.5) is 0 Å². The van der Waals surface area contributed by atoms with Crippen molar-refractivity contribution in [1.82, 2.24) is 0 Å². The Balaban J connectivity index is 2.00. The van der Waals surface area contributed by atoms with Crippen molar-refractivity contribution in [1.29, 1.82) is 0 Å². The van der Waals surface area contributed by atoms with Gasteiger partial charge in [0.2, 0.25) is 0 Å². The first-order valence-electron chi connectivity index (χ1n) is 8.03. The quantitative estimate of drug-likeness (QED) is 0.419. The van der Waals surface area contributed by atoms with Crippen LogP contribution in [0.2, 0.25) is 0 Å². The first-order chi connectivity index (χ1) is 11.8. The molecule has 1 aliphatic carbocycles. The zero-order valence-corrected chi connectivity index (χ0v) is 13.6. The Bertz CT molecular complexity index is 1130. The average Bonchev–Trinajstić information content (AvgIpc) is 2.99. The summed E-state index contributed by atoms with van der Waals surface area (Å²) in [6.07, 6.45) is 0. The Morgan fingerprint density at radius 1 is 0.667 bits per heavy atom. The molecule has 0 atom stereocenters. The van der Waals surface area contributed by atoms with E-state index >= 15 is 0 Å². The Labute approximate surface area is 140 Å². The highest BCUT2D eigenvalue weighted by Gasteiger charge is 2.26. The minimum absolute atomic E-state index is 0.881. The molecule has 0 fully saturated rings. The van der Waals surface area contributed by atoms with Crippen LogP contribution in [0.3, 0.4) is 0 Å². The second kappa shape index (κ2) is 4.75. The van der Waals surface area contributed by atoms with Gasteiger partial charge in [0.25, 0.3) is 0 Å². The van der Waals surface area contributed by atoms with Gasteiger partial charge in [0.15, 0.2) is 0 Å². The van der Waals surface area contributed by atoms with E-state index in [0.29, 0.717) is 0 Å². The molecule has 0 aromatic heterocycles. The summed E-state index contributed by atoms with van der Waals surface area (Å²) >= 11 is 0. The second-order valence-electron chi connectivity index (χ2n) is 6.12. The predicted molar refractivity (Wildman–Crippen MR) is 99.0 cm³/mol. The lowest BCUT2D eigenvalue weighted by Gasteiger charge is -2.10. The highest BCUT2D eigenvalue weighted by Crippen LogP contribution is 2.53. The maximum Gasteiger partial charge on any atom is 0.127 e. The van der Waals surface area contributed by atoms with Crippen molar-refractivity contribution in [2.24, 2.45) is 0 Å². The van der Waals surface area contributed by atoms with Gasteiger partial charge in [0.1, 0.15) is 11.5 Å². The van der Waals surface area contributed by atoms with E-state index in [0.717, 1.165) is 11.5 Å². The predicted octanol–water partition coefficient (Wildman–Crippen LogP) is 5.66. The minimum Gasteiger partial charge on any atom is -0.497 e. The van der Waals surface area contributed by atoms with Gasteiger partial charge in [-0.3, -0.25) is 0 Å². The third-order valence-electron chi connectivity index (χ3n) is 4.99. The lowest BCUT2D eigenvalue weighted by molar-refractivity contribution is 0.415. The lowest BCUT2D eigenvalue weighted by Crippen LogP contribution is -1.87. The summed E-state index contributed by atoms with van der Waals surface area (Å²) in [6.45, 7) is 0. The van der Waals surface area contributed by atoms with Gasteiger partial charge in [-0.05, 0) is 51.0 Å². The minimum atomic E-state index is 0.881. The molecule has 2 heteroatoms. The van der Waals surface area contributed by atoms with Gasteiger partial charge in [0.05, 0.1) is 14.2 Å². The molecule has 116 valence electrons. The Morgan fingerprint density at radius 2 is 1.50 bits per heavy atom. The smallest absolute Gasteiger partial charge is 0.127 e. The summed E-state index contributed by atoms with van der Waals surface area (Å²) in [4.78, 5) is 0. The molecule has 1 aliphatic rings. The fourth-order valence-corrected chi connectivity index (χ4v) is 3.93. The van der Waals surface area contributed by atoms with Crippen LogP contribution in [0.25, 0.3) is 43.8 Å². The Hall–Kier alpha value is -3.00. The monoisotopic (exact) mass is 312 g/mol. The molecular formula is C22H16O2. The molecule has 24 heavy (non-hydrogen) atoms. The van der Waals surface area contributed by atoms with Crippen molar-refractivity contribution < 1.29 is 9.47 Å². The van der Waals surface area contributed by atoms with Crippen LogP contribution in [0.5, 0.6) is 11.5 Å². The molecular weight excluding hydrogens is 296 g/mol. The molecule has 0 amide bonds. The summed E-state index contributed by atoms with van der Waals surface area (Å²) in [5.74, 6) is 1.81. The zero-order chi connectivity index (χ0) is 16.3. The fraction of sp³-hybridized carbons (Fsp3) is 0.0909. The molecule has 5 rings (SSSR count). The Kier molecular flexibility index (Phi) is 2.66. The third kappa shape index (κ3) is 1.60. The van der Waals surface area contributed by atoms with E-state index in [-0.39, 0.29) is 0 Å². The third-order valence-corrected chi connectivity index (χ3v) is 4.99. The van der Waals surface area contributed by atoms with Crippen molar-refractivity contribution in [2.75, 3.05) is 14.2 Å². The average molecular weight is 312 g/mol. The molecule has 0 N–H and O–H groups in total. The van der Waals surface area contributed by atoms with Crippen molar-refractivity contribution in [3.8, 4) is 33.8 Å². The molecule has 0 spiro atoms. The molecule has 0 unspecified atom stereocenters. The van der Waals surface area contributed by atoms with Crippen LogP contribution in [-0.2, 0) is 0 Å². The molecule has 0 radical (unpaired) electrons. The van der Waals surface area contributed by atoms with E-state index in [2.05, 4.69) is 54.6 Å². The molecule has 0 saturated carbocycles. The molecule has 0 saturated heterocycles. The van der Waals surface area contributed by atoms with Crippen LogP contribution in [0.1, 0.15) is 0 Å². The molecule has 0 bridgehead atoms. The number of hydrogen-bond acceptors (Lipinski definition) is 2. The van der Waals surface area contributed by atoms with Crippen LogP contribution in [0, 0.1) is 0 Å². The summed E-state index contributed by atoms with van der Waals surface area (Å²) in [5, 5.41) is 4.97. The van der Waals surface area contributed by atoms with Gasteiger partial charge in [-0.25, -0.2) is 0 Å². The fourth-order valence-electron chi connectivity index (χ4n) is 3.93. The lowest BCUT2D eigenvalue weighted by atomic mass is 9.96. The zero-order valence-electron chi connectivity index (χ0n) is 13.6. The van der Waals surface area contributed by atoms with Crippen LogP contribution < -0.4 is 9.47 Å². The highest BCUT2D eigenvalue weighted by molar-refractivity contribution is 6.22. The van der Waals surface area contributed by atoms with Crippen LogP contribution >= 0.6 is 0 Å². The normalized spacial score (nSPS) is 11.8. The maximum absolute atomic E-state index is 5.67. The van der Waals surface area contributed by atoms with Crippen molar-refractivity contribution in [2.45, 2.75) is 0 Å². The SMILES string of the molecule is COc1ccc2ccc3c(c2c1)-c1cccc2ccc(OC)c-3c12. The largest absolute Gasteiger partial charge is 0.497 e. The molecule has 4 aromatic rings. The van der Waals surface area contributed by atoms with Gasteiger partial charge in [-0.15, -0.1) is 0 Å². The van der Waals surface area contributed by atoms with E-state index in [4.69, 9.17) is 9.47 Å². The number of ether oxygens (including phenoxy) is 2. The maximum atomic E-state index is 5.67. The number of rotatable bonds is 2. The summed E-state index contributed by atoms with van der Waals surface area (Å²) in [6, 6.07) is 21.3. The number of hydrogen-bond donors (Lipinski definition) is 0. The second-order valence-corrected chi connectivity index (χ2v) is 6.12. The van der Waals surface area contributed by atoms with E-state index in [1.54, 1.807) is 14.2 Å². The van der Waals surface area contributed by atoms with E-state index < -0.39 is 0 Å². The first kappa shape index (κ1) is 13.4. The Morgan fingerprint density at radius 3 is 2.33 bits per heavy atom. The van der Waals surface area contributed by atoms with E-state index in [1.165, 1.54) is 43.8 Å². The van der Waals surface area contributed by atoms with E-state index in [1.807, 2.05) is 6.07 Å². The van der Waals surface area contributed by atoms with E-state index in [9.17, 15) is 0 Å². The molecule has 4 aromatic carbocycles. The first-order valence-corrected chi connectivity index (χ1v) is 8.03. The van der Waals surface area contributed by atoms with Crippen LogP contribution in [0.15, 0.2) is 60.7 Å². The van der Waals surface area contributed by atoms with Gasteiger partial charge < -0.3 is 9.47 Å². The highest BCUT2D eigenvalue weighted by atomic mass is 16.5. The van der Waals surface area contributed by atoms with Crippen molar-refractivity contribution >= 4 is 21.5 Å². The molecule has 2 nitrogen and oxygen atoms in total. The van der Waals surface area contributed by atoms with Gasteiger partial charge in [0, 0.05) is 10.9 Å². The van der Waals surface area contributed by atoms with Crippen molar-refractivity contribution in [3.63, 3.8) is 0 Å². The number of benzene rings is 4. The van der Waals surface area contributed by atoms with Crippen molar-refractivity contribution in [3.05, 3.63) is 60.7 Å². The standard InChI is InChI=1S/C22H16O2/c1-23-15-9-6-13-7-10-17-21(18(13)12-15)16-5-3-4-14-8-11-19(24-2)22(17)20(14)16/h3-12H,1-2H3. The van der Waals surface area contributed by atoms with Gasteiger partial charge >= 0.3 is 0 Å². The summed E-state index contributed by atoms with van der Waals surface area (Å²) < 4.78 is 11.1.